The van der Waals surface area contributed by atoms with E-state index in [9.17, 15) is 22.8 Å². The van der Waals surface area contributed by atoms with Crippen LogP contribution in [0.25, 0.3) is 0 Å². The van der Waals surface area contributed by atoms with Crippen molar-refractivity contribution in [3.63, 3.8) is 0 Å². The van der Waals surface area contributed by atoms with Gasteiger partial charge >= 0.3 is 6.18 Å². The number of carbonyl (C=O) groups excluding carboxylic acids is 2. The van der Waals surface area contributed by atoms with Gasteiger partial charge in [-0.05, 0) is 24.5 Å². The lowest BCUT2D eigenvalue weighted by atomic mass is 9.84. The summed E-state index contributed by atoms with van der Waals surface area (Å²) < 4.78 is 47.1. The molecule has 182 valence electrons. The zero-order valence-electron chi connectivity index (χ0n) is 18.8. The summed E-state index contributed by atoms with van der Waals surface area (Å²) in [6.07, 6.45) is 4.00. The van der Waals surface area contributed by atoms with E-state index < -0.39 is 23.7 Å². The summed E-state index contributed by atoms with van der Waals surface area (Å²) in [5.74, 6) is -0.480. The van der Waals surface area contributed by atoms with Gasteiger partial charge in [-0.25, -0.2) is 0 Å². The maximum Gasteiger partial charge on any atom is 0.419 e. The Morgan fingerprint density at radius 1 is 1.21 bits per heavy atom. The summed E-state index contributed by atoms with van der Waals surface area (Å²) in [7, 11) is 1.73. The molecule has 2 heterocycles. The number of rotatable bonds is 7. The fourth-order valence-electron chi connectivity index (χ4n) is 4.57. The molecule has 1 saturated carbocycles. The molecule has 1 aromatic heterocycles. The smallest absolute Gasteiger partial charge is 0.419 e. The first-order valence-corrected chi connectivity index (χ1v) is 11.4. The largest absolute Gasteiger partial charge is 0.459 e. The Balaban J connectivity index is 1.51. The minimum atomic E-state index is -4.59. The van der Waals surface area contributed by atoms with Crippen LogP contribution in [-0.2, 0) is 22.8 Å². The number of ether oxygens (including phenoxy) is 1. The Morgan fingerprint density at radius 3 is 2.62 bits per heavy atom. The number of halogens is 3. The van der Waals surface area contributed by atoms with Crippen LogP contribution in [0.15, 0.2) is 48.4 Å². The fraction of sp³-hybridized carbons (Fsp3) is 0.458. The molecule has 2 aromatic rings. The van der Waals surface area contributed by atoms with Crippen LogP contribution >= 0.6 is 0 Å². The van der Waals surface area contributed by atoms with Crippen molar-refractivity contribution in [2.75, 3.05) is 11.9 Å². The maximum atomic E-state index is 13.3. The van der Waals surface area contributed by atoms with E-state index in [4.69, 9.17) is 4.74 Å². The van der Waals surface area contributed by atoms with Crippen molar-refractivity contribution < 1.29 is 27.5 Å². The highest BCUT2D eigenvalue weighted by Crippen LogP contribution is 2.37. The van der Waals surface area contributed by atoms with Crippen molar-refractivity contribution in [3.8, 4) is 5.75 Å². The molecule has 0 bridgehead atoms. The molecule has 1 aromatic carbocycles. The minimum absolute atomic E-state index is 0.0704. The third-order valence-corrected chi connectivity index (χ3v) is 6.25. The second-order valence-corrected chi connectivity index (χ2v) is 8.79. The molecular formula is C24H27F3N4O3. The van der Waals surface area contributed by atoms with Gasteiger partial charge in [-0.1, -0.05) is 44.2 Å². The molecule has 0 unspecified atom stereocenters. The van der Waals surface area contributed by atoms with Crippen molar-refractivity contribution in [2.24, 2.45) is 13.0 Å². The molecule has 0 saturated heterocycles. The number of aromatic nitrogens is 2. The van der Waals surface area contributed by atoms with E-state index in [0.717, 1.165) is 44.2 Å². The van der Waals surface area contributed by atoms with E-state index in [1.54, 1.807) is 24.0 Å². The Hall–Kier alpha value is -3.30. The SMILES string of the molecule is Cn1ccc(NC(=O)[C@H](CC2CCCCC2)N2CC(Oc3ccccc3C(F)(F)F)=CC2=O)n1. The molecule has 0 spiro atoms. The first kappa shape index (κ1) is 23.8. The molecule has 4 rings (SSSR count). The van der Waals surface area contributed by atoms with Gasteiger partial charge in [-0.15, -0.1) is 0 Å². The Bertz CT molecular complexity index is 1070. The zero-order chi connectivity index (χ0) is 24.3. The second kappa shape index (κ2) is 9.90. The number of hydrogen-bond donors (Lipinski definition) is 1. The van der Waals surface area contributed by atoms with Crippen molar-refractivity contribution in [1.82, 2.24) is 14.7 Å². The van der Waals surface area contributed by atoms with Crippen LogP contribution in [0.1, 0.15) is 44.1 Å². The standard InChI is InChI=1S/C24H27F3N4O3/c1-30-12-11-21(29-30)28-23(33)19(13-16-7-3-2-4-8-16)31-15-17(14-22(31)32)34-20-10-6-5-9-18(20)24(25,26)27/h5-6,9-12,14,16,19H,2-4,7-8,13,15H2,1H3,(H,28,29,33)/t19-/m0/s1. The number of aryl methyl sites for hydroxylation is 1. The summed E-state index contributed by atoms with van der Waals surface area (Å²) in [5, 5.41) is 6.93. The third kappa shape index (κ3) is 5.60. The number of nitrogens with zero attached hydrogens (tertiary/aromatic N) is 3. The number of hydrogen-bond acceptors (Lipinski definition) is 4. The number of benzene rings is 1. The van der Waals surface area contributed by atoms with Gasteiger partial charge in [0.15, 0.2) is 5.82 Å². The number of amides is 2. The van der Waals surface area contributed by atoms with Gasteiger partial charge < -0.3 is 15.0 Å². The summed E-state index contributed by atoms with van der Waals surface area (Å²) >= 11 is 0. The summed E-state index contributed by atoms with van der Waals surface area (Å²) in [4.78, 5) is 27.4. The molecule has 1 N–H and O–H groups in total. The van der Waals surface area contributed by atoms with Crippen molar-refractivity contribution in [2.45, 2.75) is 50.7 Å². The minimum Gasteiger partial charge on any atom is -0.459 e. The number of carbonyl (C=O) groups is 2. The van der Waals surface area contributed by atoms with Crippen LogP contribution in [0.5, 0.6) is 5.75 Å². The van der Waals surface area contributed by atoms with Crippen LogP contribution in [0, 0.1) is 5.92 Å². The molecule has 1 aliphatic heterocycles. The quantitative estimate of drug-likeness (QED) is 0.638. The van der Waals surface area contributed by atoms with Crippen LogP contribution in [-0.4, -0.2) is 39.1 Å². The van der Waals surface area contributed by atoms with Gasteiger partial charge in [-0.2, -0.15) is 18.3 Å². The lowest BCUT2D eigenvalue weighted by Crippen LogP contribution is -2.46. The molecule has 1 fully saturated rings. The second-order valence-electron chi connectivity index (χ2n) is 8.79. The Morgan fingerprint density at radius 2 is 1.94 bits per heavy atom. The summed E-state index contributed by atoms with van der Waals surface area (Å²) in [5.41, 5.74) is -0.923. The number of alkyl halides is 3. The van der Waals surface area contributed by atoms with E-state index in [0.29, 0.717) is 12.2 Å². The predicted octanol–water partition coefficient (Wildman–Crippen LogP) is 4.52. The molecular weight excluding hydrogens is 449 g/mol. The zero-order valence-corrected chi connectivity index (χ0v) is 18.8. The average molecular weight is 476 g/mol. The number of anilines is 1. The molecule has 34 heavy (non-hydrogen) atoms. The molecule has 2 aliphatic rings. The van der Waals surface area contributed by atoms with Crippen molar-refractivity contribution in [3.05, 3.63) is 53.9 Å². The average Bonchev–Trinajstić information content (AvgIpc) is 3.36. The van der Waals surface area contributed by atoms with Gasteiger partial charge in [0.1, 0.15) is 17.6 Å². The first-order valence-electron chi connectivity index (χ1n) is 11.4. The molecule has 1 aliphatic carbocycles. The highest BCUT2D eigenvalue weighted by molar-refractivity contribution is 5.99. The first-order chi connectivity index (χ1) is 16.2. The fourth-order valence-corrected chi connectivity index (χ4v) is 4.57. The molecule has 7 nitrogen and oxygen atoms in total. The summed E-state index contributed by atoms with van der Waals surface area (Å²) in [6, 6.07) is 5.72. The van der Waals surface area contributed by atoms with E-state index in [1.165, 1.54) is 23.1 Å². The molecule has 10 heteroatoms. The summed E-state index contributed by atoms with van der Waals surface area (Å²) in [6.45, 7) is -0.0853. The van der Waals surface area contributed by atoms with Gasteiger partial charge in [0.2, 0.25) is 5.91 Å². The van der Waals surface area contributed by atoms with E-state index in [1.807, 2.05) is 0 Å². The van der Waals surface area contributed by atoms with E-state index >= 15 is 0 Å². The number of nitrogens with one attached hydrogen (secondary N) is 1. The third-order valence-electron chi connectivity index (χ3n) is 6.25. The van der Waals surface area contributed by atoms with Gasteiger partial charge in [0.25, 0.3) is 5.91 Å². The number of para-hydroxylation sites is 1. The highest BCUT2D eigenvalue weighted by atomic mass is 19.4. The highest BCUT2D eigenvalue weighted by Gasteiger charge is 2.38. The molecule has 0 radical (unpaired) electrons. The van der Waals surface area contributed by atoms with Crippen LogP contribution in [0.4, 0.5) is 19.0 Å². The van der Waals surface area contributed by atoms with Crippen LogP contribution in [0.3, 0.4) is 0 Å². The Kier molecular flexibility index (Phi) is 6.95. The predicted molar refractivity (Wildman–Crippen MR) is 119 cm³/mol. The van der Waals surface area contributed by atoms with Crippen molar-refractivity contribution >= 4 is 17.6 Å². The van der Waals surface area contributed by atoms with E-state index in [-0.39, 0.29) is 29.9 Å². The van der Waals surface area contributed by atoms with Crippen molar-refractivity contribution in [1.29, 1.82) is 0 Å². The molecule has 2 amide bonds. The maximum absolute atomic E-state index is 13.3. The van der Waals surface area contributed by atoms with E-state index in [2.05, 4.69) is 10.4 Å². The van der Waals surface area contributed by atoms with Gasteiger partial charge in [0, 0.05) is 25.4 Å². The van der Waals surface area contributed by atoms with Gasteiger partial charge in [0.05, 0.1) is 12.1 Å². The van der Waals surface area contributed by atoms with Gasteiger partial charge in [-0.3, -0.25) is 14.3 Å². The molecule has 1 atom stereocenters. The van der Waals surface area contributed by atoms with Crippen LogP contribution in [0.2, 0.25) is 0 Å². The topological polar surface area (TPSA) is 76.5 Å². The Labute approximate surface area is 195 Å². The normalized spacial score (nSPS) is 18.1. The lowest BCUT2D eigenvalue weighted by molar-refractivity contribution is -0.138. The van der Waals surface area contributed by atoms with Crippen LogP contribution < -0.4 is 10.1 Å². The lowest BCUT2D eigenvalue weighted by Gasteiger charge is -2.31. The monoisotopic (exact) mass is 476 g/mol.